The Morgan fingerprint density at radius 2 is 2.22 bits per heavy atom. The Morgan fingerprint density at radius 3 is 2.67 bits per heavy atom. The van der Waals surface area contributed by atoms with E-state index in [4.69, 9.17) is 4.55 Å². The van der Waals surface area contributed by atoms with E-state index in [1.807, 2.05) is 0 Å². The van der Waals surface area contributed by atoms with E-state index in [0.717, 1.165) is 19.3 Å². The zero-order valence-corrected chi connectivity index (χ0v) is 6.41. The van der Waals surface area contributed by atoms with Crippen LogP contribution < -0.4 is 4.72 Å². The molecule has 4 heteroatoms. The molecule has 1 atom stereocenters. The van der Waals surface area contributed by atoms with Gasteiger partial charge in [0, 0.05) is 6.54 Å². The van der Waals surface area contributed by atoms with Gasteiger partial charge in [0.05, 0.1) is 0 Å². The number of unbranched alkanes of at least 4 members (excludes halogenated alkanes) is 2. The molecule has 1 unspecified atom stereocenters. The lowest BCUT2D eigenvalue weighted by Gasteiger charge is -1.96. The van der Waals surface area contributed by atoms with Crippen molar-refractivity contribution >= 4 is 11.3 Å². The molecule has 0 heterocycles. The highest BCUT2D eigenvalue weighted by molar-refractivity contribution is 7.77. The van der Waals surface area contributed by atoms with E-state index >= 15 is 0 Å². The molecule has 0 aromatic carbocycles. The first-order valence-electron chi connectivity index (χ1n) is 3.11. The third-order valence-corrected chi connectivity index (χ3v) is 1.46. The highest BCUT2D eigenvalue weighted by Crippen LogP contribution is 1.90. The van der Waals surface area contributed by atoms with Crippen LogP contribution in [0.3, 0.4) is 0 Å². The van der Waals surface area contributed by atoms with Crippen molar-refractivity contribution in [3.8, 4) is 0 Å². The van der Waals surface area contributed by atoms with Crippen LogP contribution in [0.5, 0.6) is 0 Å². The van der Waals surface area contributed by atoms with Gasteiger partial charge in [-0.05, 0) is 6.42 Å². The molecule has 0 amide bonds. The highest BCUT2D eigenvalue weighted by atomic mass is 32.2. The summed E-state index contributed by atoms with van der Waals surface area (Å²) in [5, 5.41) is 0. The van der Waals surface area contributed by atoms with Crippen LogP contribution in [0.15, 0.2) is 0 Å². The van der Waals surface area contributed by atoms with E-state index in [1.54, 1.807) is 0 Å². The lowest BCUT2D eigenvalue weighted by Crippen LogP contribution is -2.16. The molecule has 56 valence electrons. The Bertz CT molecular complexity index is 87.0. The van der Waals surface area contributed by atoms with Gasteiger partial charge < -0.3 is 0 Å². The quantitative estimate of drug-likeness (QED) is 0.453. The topological polar surface area (TPSA) is 49.3 Å². The molecule has 0 bridgehead atoms. The molecule has 0 aliphatic carbocycles. The lowest BCUT2D eigenvalue weighted by atomic mass is 10.3. The zero-order chi connectivity index (χ0) is 7.11. The first kappa shape index (κ1) is 9.07. The van der Waals surface area contributed by atoms with Crippen molar-refractivity contribution in [3.63, 3.8) is 0 Å². The minimum absolute atomic E-state index is 0.636. The van der Waals surface area contributed by atoms with Crippen LogP contribution in [-0.4, -0.2) is 15.3 Å². The van der Waals surface area contributed by atoms with Crippen LogP contribution >= 0.6 is 0 Å². The predicted octanol–water partition coefficient (Wildman–Crippen LogP) is 0.903. The summed E-state index contributed by atoms with van der Waals surface area (Å²) in [6.45, 7) is 2.73. The molecule has 0 saturated carbocycles. The van der Waals surface area contributed by atoms with E-state index in [0.29, 0.717) is 6.54 Å². The van der Waals surface area contributed by atoms with Crippen LogP contribution in [0.2, 0.25) is 0 Å². The maximum absolute atomic E-state index is 9.96. The Labute approximate surface area is 58.3 Å². The molecule has 0 aliphatic rings. The average molecular weight is 151 g/mol. The summed E-state index contributed by atoms with van der Waals surface area (Å²) in [7, 11) is 0. The van der Waals surface area contributed by atoms with E-state index in [9.17, 15) is 4.21 Å². The van der Waals surface area contributed by atoms with Crippen molar-refractivity contribution in [2.45, 2.75) is 26.2 Å². The Balaban J connectivity index is 2.83. The molecule has 0 aromatic rings. The van der Waals surface area contributed by atoms with Gasteiger partial charge in [0.15, 0.2) is 0 Å². The molecule has 0 aliphatic heterocycles. The fourth-order valence-electron chi connectivity index (χ4n) is 0.534. The molecule has 0 rings (SSSR count). The normalized spacial score (nSPS) is 13.6. The van der Waals surface area contributed by atoms with Crippen molar-refractivity contribution in [2.24, 2.45) is 0 Å². The van der Waals surface area contributed by atoms with Gasteiger partial charge in [0.1, 0.15) is 0 Å². The SMILES string of the molecule is CCCCCNS(=O)O. The van der Waals surface area contributed by atoms with Gasteiger partial charge in [-0.2, -0.15) is 0 Å². The van der Waals surface area contributed by atoms with Gasteiger partial charge in [0.25, 0.3) is 0 Å². The summed E-state index contributed by atoms with van der Waals surface area (Å²) < 4.78 is 20.6. The van der Waals surface area contributed by atoms with Gasteiger partial charge >= 0.3 is 0 Å². The molecule has 9 heavy (non-hydrogen) atoms. The predicted molar refractivity (Wildman–Crippen MR) is 38.3 cm³/mol. The first-order valence-corrected chi connectivity index (χ1v) is 4.22. The maximum atomic E-state index is 9.96. The van der Waals surface area contributed by atoms with Crippen molar-refractivity contribution in [2.75, 3.05) is 6.54 Å². The third-order valence-electron chi connectivity index (χ3n) is 1.01. The second kappa shape index (κ2) is 6.19. The minimum Gasteiger partial charge on any atom is -0.294 e. The number of hydrogen-bond donors (Lipinski definition) is 2. The minimum atomic E-state index is -1.82. The second-order valence-electron chi connectivity index (χ2n) is 1.85. The van der Waals surface area contributed by atoms with Gasteiger partial charge in [-0.1, -0.05) is 19.8 Å². The highest BCUT2D eigenvalue weighted by Gasteiger charge is 1.88. The maximum Gasteiger partial charge on any atom is 0.231 e. The van der Waals surface area contributed by atoms with E-state index in [-0.39, 0.29) is 0 Å². The summed E-state index contributed by atoms with van der Waals surface area (Å²) in [5.74, 6) is 0. The summed E-state index contributed by atoms with van der Waals surface area (Å²) in [5.41, 5.74) is 0. The molecule has 0 fully saturated rings. The van der Waals surface area contributed by atoms with Crippen molar-refractivity contribution < 1.29 is 8.76 Å². The average Bonchev–Trinajstić information content (AvgIpc) is 1.80. The Morgan fingerprint density at radius 1 is 1.56 bits per heavy atom. The Hall–Kier alpha value is 0.0700. The Kier molecular flexibility index (Phi) is 6.24. The van der Waals surface area contributed by atoms with Crippen LogP contribution in [0.4, 0.5) is 0 Å². The molecule has 0 radical (unpaired) electrons. The van der Waals surface area contributed by atoms with E-state index < -0.39 is 11.3 Å². The largest absolute Gasteiger partial charge is 0.294 e. The fourth-order valence-corrected chi connectivity index (χ4v) is 0.853. The number of rotatable bonds is 5. The summed E-state index contributed by atoms with van der Waals surface area (Å²) in [4.78, 5) is 0. The van der Waals surface area contributed by atoms with Crippen LogP contribution in [0, 0.1) is 0 Å². The standard InChI is InChI=1S/C5H13NO2S/c1-2-3-4-5-6-9(7)8/h6H,2-5H2,1H3,(H,7,8). The van der Waals surface area contributed by atoms with Gasteiger partial charge in [-0.25, -0.2) is 8.93 Å². The second-order valence-corrected chi connectivity index (χ2v) is 2.64. The number of hydrogen-bond acceptors (Lipinski definition) is 1. The molecular formula is C5H13NO2S. The van der Waals surface area contributed by atoms with Crippen molar-refractivity contribution in [3.05, 3.63) is 0 Å². The van der Waals surface area contributed by atoms with Crippen LogP contribution in [0.1, 0.15) is 26.2 Å². The van der Waals surface area contributed by atoms with Gasteiger partial charge in [-0.3, -0.25) is 4.55 Å². The van der Waals surface area contributed by atoms with Gasteiger partial charge in [-0.15, -0.1) is 0 Å². The van der Waals surface area contributed by atoms with Crippen LogP contribution in [0.25, 0.3) is 0 Å². The van der Waals surface area contributed by atoms with E-state index in [2.05, 4.69) is 11.6 Å². The summed E-state index contributed by atoms with van der Waals surface area (Å²) in [6, 6.07) is 0. The smallest absolute Gasteiger partial charge is 0.231 e. The first-order chi connectivity index (χ1) is 4.27. The van der Waals surface area contributed by atoms with E-state index in [1.165, 1.54) is 0 Å². The molecule has 0 saturated heterocycles. The third kappa shape index (κ3) is 8.07. The molecule has 0 aromatic heterocycles. The monoisotopic (exact) mass is 151 g/mol. The summed E-state index contributed by atoms with van der Waals surface area (Å²) in [6.07, 6.45) is 3.23. The fraction of sp³-hybridized carbons (Fsp3) is 1.00. The van der Waals surface area contributed by atoms with Crippen molar-refractivity contribution in [1.82, 2.24) is 4.72 Å². The zero-order valence-electron chi connectivity index (χ0n) is 5.59. The van der Waals surface area contributed by atoms with Crippen LogP contribution in [-0.2, 0) is 11.3 Å². The molecule has 0 spiro atoms. The molecule has 2 N–H and O–H groups in total. The summed E-state index contributed by atoms with van der Waals surface area (Å²) >= 11 is -1.82. The van der Waals surface area contributed by atoms with Crippen molar-refractivity contribution in [1.29, 1.82) is 0 Å². The lowest BCUT2D eigenvalue weighted by molar-refractivity contribution is 0.545. The molecule has 3 nitrogen and oxygen atoms in total. The number of nitrogens with one attached hydrogen (secondary N) is 1. The molecular weight excluding hydrogens is 138 g/mol. The van der Waals surface area contributed by atoms with Gasteiger partial charge in [0.2, 0.25) is 11.3 Å².